The number of anilines is 1. The van der Waals surface area contributed by atoms with E-state index in [1.807, 2.05) is 18.2 Å². The number of nitriles is 1. The van der Waals surface area contributed by atoms with Crippen LogP contribution in [0.5, 0.6) is 0 Å². The monoisotopic (exact) mass is 550 g/mol. The number of cyclic esters (lactones) is 1. The quantitative estimate of drug-likeness (QED) is 0.132. The maximum atomic E-state index is 13.6. The first-order valence-electron chi connectivity index (χ1n) is 12.5. The number of carbonyl (C=O) groups excluding carboxylic acids is 1. The molecule has 1 heterocycles. The number of hydrogen-bond acceptors (Lipinski definition) is 10. The second-order valence-corrected chi connectivity index (χ2v) is 9.59. The van der Waals surface area contributed by atoms with E-state index in [1.165, 1.54) is 6.07 Å². The van der Waals surface area contributed by atoms with Gasteiger partial charge in [-0.15, -0.1) is 6.58 Å². The Morgan fingerprint density at radius 3 is 2.46 bits per heavy atom. The summed E-state index contributed by atoms with van der Waals surface area (Å²) in [5.74, 6) is -1.65. The lowest BCUT2D eigenvalue weighted by atomic mass is 9.78. The van der Waals surface area contributed by atoms with Crippen LogP contribution in [0, 0.1) is 43.4 Å². The lowest BCUT2D eigenvalue weighted by molar-refractivity contribution is -0.393. The maximum absolute atomic E-state index is 13.6. The van der Waals surface area contributed by atoms with Gasteiger partial charge in [0.1, 0.15) is 5.69 Å². The van der Waals surface area contributed by atoms with Crippen molar-refractivity contribution in [1.82, 2.24) is 0 Å². The summed E-state index contributed by atoms with van der Waals surface area (Å²) >= 11 is 0. The van der Waals surface area contributed by atoms with Gasteiger partial charge in [-0.2, -0.15) is 10.4 Å². The van der Waals surface area contributed by atoms with Crippen molar-refractivity contribution in [3.05, 3.63) is 122 Å². The maximum Gasteiger partial charge on any atom is 0.341 e. The lowest BCUT2D eigenvalue weighted by Crippen LogP contribution is -2.38. The van der Waals surface area contributed by atoms with Crippen LogP contribution in [0.15, 0.2) is 95.5 Å². The minimum absolute atomic E-state index is 0.0423. The largest absolute Gasteiger partial charge is 0.405 e. The van der Waals surface area contributed by atoms with Gasteiger partial charge in [-0.3, -0.25) is 25.7 Å². The van der Waals surface area contributed by atoms with Gasteiger partial charge in [0.05, 0.1) is 27.5 Å². The molecule has 5 rings (SSSR count). The number of non-ortho nitro benzene ring substituents is 1. The van der Waals surface area contributed by atoms with Gasteiger partial charge in [-0.05, 0) is 48.2 Å². The minimum Gasteiger partial charge on any atom is -0.405 e. The number of carbonyl (C=O) groups is 1. The number of esters is 1. The molecule has 0 bridgehead atoms. The number of hydrazone groups is 1. The molecule has 1 saturated carbocycles. The molecule has 1 fully saturated rings. The van der Waals surface area contributed by atoms with Gasteiger partial charge in [-0.1, -0.05) is 36.4 Å². The molecule has 0 saturated heterocycles. The van der Waals surface area contributed by atoms with Crippen molar-refractivity contribution in [1.29, 1.82) is 5.26 Å². The molecule has 204 valence electrons. The Labute approximate surface area is 233 Å². The first-order valence-corrected chi connectivity index (χ1v) is 12.5. The molecule has 2 aliphatic rings. The van der Waals surface area contributed by atoms with E-state index in [9.17, 15) is 30.3 Å². The molecule has 1 aliphatic carbocycles. The van der Waals surface area contributed by atoms with Gasteiger partial charge in [0.15, 0.2) is 5.54 Å². The summed E-state index contributed by atoms with van der Waals surface area (Å²) in [6, 6.07) is 21.2. The molecule has 1 spiro atoms. The van der Waals surface area contributed by atoms with Crippen LogP contribution < -0.4 is 5.43 Å². The Hall–Kier alpha value is -5.70. The summed E-state index contributed by atoms with van der Waals surface area (Å²) in [5.41, 5.74) is 2.15. The Bertz CT molecular complexity index is 1650. The van der Waals surface area contributed by atoms with Crippen molar-refractivity contribution in [2.24, 2.45) is 21.9 Å². The van der Waals surface area contributed by atoms with Gasteiger partial charge in [0.25, 0.3) is 5.69 Å². The predicted octanol–water partition coefficient (Wildman–Crippen LogP) is 5.12. The smallest absolute Gasteiger partial charge is 0.341 e. The average Bonchev–Trinajstić information content (AvgIpc) is 3.49. The summed E-state index contributed by atoms with van der Waals surface area (Å²) in [5, 5.41) is 36.2. The number of nitrogens with one attached hydrogen (secondary N) is 1. The zero-order valence-corrected chi connectivity index (χ0v) is 21.4. The third-order valence-electron chi connectivity index (χ3n) is 7.33. The van der Waals surface area contributed by atoms with E-state index < -0.39 is 44.6 Å². The highest BCUT2D eigenvalue weighted by Gasteiger charge is 2.61. The molecule has 1 aliphatic heterocycles. The first-order chi connectivity index (χ1) is 19.8. The van der Waals surface area contributed by atoms with Crippen molar-refractivity contribution in [3.8, 4) is 6.07 Å². The standard InChI is InChI=1S/C29H22N6O6/c1-2-19-15-29(28(36)41-27(32-29)21-6-4-3-5-7-21)26(20-10-8-18(16-30)9-11-20)23(19)17-31-33-24-13-12-22(34(37)38)14-25(24)35(39)40/h2-14,17,19,23,26,33H,1,15H2/b31-17+/t19-,23-,26+,29+/m0/s1. The van der Waals surface area contributed by atoms with Crippen LogP contribution in [0.25, 0.3) is 0 Å². The molecule has 4 atom stereocenters. The van der Waals surface area contributed by atoms with Gasteiger partial charge in [0, 0.05) is 29.7 Å². The van der Waals surface area contributed by atoms with Crippen LogP contribution in [-0.4, -0.2) is 33.5 Å². The summed E-state index contributed by atoms with van der Waals surface area (Å²) in [7, 11) is 0. The molecule has 0 amide bonds. The third-order valence-corrected chi connectivity index (χ3v) is 7.33. The van der Waals surface area contributed by atoms with Crippen LogP contribution in [-0.2, 0) is 9.53 Å². The zero-order valence-electron chi connectivity index (χ0n) is 21.4. The summed E-state index contributed by atoms with van der Waals surface area (Å²) in [4.78, 5) is 39.6. The average molecular weight is 551 g/mol. The number of hydrogen-bond donors (Lipinski definition) is 1. The summed E-state index contributed by atoms with van der Waals surface area (Å²) in [6.07, 6.45) is 3.52. The van der Waals surface area contributed by atoms with Crippen molar-refractivity contribution >= 4 is 35.1 Å². The molecule has 41 heavy (non-hydrogen) atoms. The van der Waals surface area contributed by atoms with Crippen LogP contribution >= 0.6 is 0 Å². The normalized spacial score (nSPS) is 23.1. The van der Waals surface area contributed by atoms with E-state index >= 15 is 0 Å². The topological polar surface area (TPSA) is 173 Å². The van der Waals surface area contributed by atoms with Crippen molar-refractivity contribution in [2.75, 3.05) is 5.43 Å². The molecule has 0 aromatic heterocycles. The fourth-order valence-electron chi connectivity index (χ4n) is 5.42. The fourth-order valence-corrected chi connectivity index (χ4v) is 5.42. The first kappa shape index (κ1) is 26.9. The highest BCUT2D eigenvalue weighted by Crippen LogP contribution is 2.54. The van der Waals surface area contributed by atoms with E-state index in [0.717, 1.165) is 17.7 Å². The number of nitrogens with zero attached hydrogens (tertiary/aromatic N) is 5. The van der Waals surface area contributed by atoms with E-state index in [1.54, 1.807) is 48.7 Å². The van der Waals surface area contributed by atoms with E-state index in [4.69, 9.17) is 9.73 Å². The van der Waals surface area contributed by atoms with Crippen LogP contribution in [0.1, 0.15) is 29.0 Å². The van der Waals surface area contributed by atoms with Crippen LogP contribution in [0.3, 0.4) is 0 Å². The highest BCUT2D eigenvalue weighted by atomic mass is 16.6. The zero-order chi connectivity index (χ0) is 29.1. The van der Waals surface area contributed by atoms with Crippen molar-refractivity contribution in [3.63, 3.8) is 0 Å². The van der Waals surface area contributed by atoms with E-state index in [2.05, 4.69) is 23.2 Å². The Morgan fingerprint density at radius 2 is 1.83 bits per heavy atom. The molecular weight excluding hydrogens is 528 g/mol. The minimum atomic E-state index is -1.31. The Morgan fingerprint density at radius 1 is 1.10 bits per heavy atom. The summed E-state index contributed by atoms with van der Waals surface area (Å²) < 4.78 is 5.70. The lowest BCUT2D eigenvalue weighted by Gasteiger charge is -2.27. The number of nitro benzene ring substituents is 2. The van der Waals surface area contributed by atoms with Gasteiger partial charge in [0.2, 0.25) is 5.90 Å². The molecule has 1 N–H and O–H groups in total. The number of benzene rings is 3. The second kappa shape index (κ2) is 10.8. The van der Waals surface area contributed by atoms with Gasteiger partial charge >= 0.3 is 11.7 Å². The fraction of sp³-hybridized carbons (Fsp3) is 0.172. The number of aliphatic imine (C=N–C) groups is 1. The van der Waals surface area contributed by atoms with Gasteiger partial charge < -0.3 is 4.74 Å². The Kier molecular flexibility index (Phi) is 7.09. The van der Waals surface area contributed by atoms with Crippen LogP contribution in [0.4, 0.5) is 17.1 Å². The summed E-state index contributed by atoms with van der Waals surface area (Å²) in [6.45, 7) is 3.96. The van der Waals surface area contributed by atoms with Crippen LogP contribution in [0.2, 0.25) is 0 Å². The molecule has 3 aromatic rings. The number of allylic oxidation sites excluding steroid dienone is 1. The predicted molar refractivity (Wildman–Crippen MR) is 149 cm³/mol. The SMILES string of the molecule is C=C[C@H]1C[C@@]2(N=C(c3ccccc3)OC2=O)[C@H](c2ccc(C#N)cc2)[C@H]1/C=N/Nc1ccc([N+](=O)[O-])cc1[N+](=O)[O-]. The number of ether oxygens (including phenoxy) is 1. The third kappa shape index (κ3) is 4.92. The number of rotatable bonds is 8. The Balaban J connectivity index is 1.56. The molecule has 12 heteroatoms. The van der Waals surface area contributed by atoms with E-state index in [0.29, 0.717) is 11.1 Å². The van der Waals surface area contributed by atoms with Crippen molar-refractivity contribution in [2.45, 2.75) is 17.9 Å². The van der Waals surface area contributed by atoms with Gasteiger partial charge in [-0.25, -0.2) is 9.79 Å². The van der Waals surface area contributed by atoms with Crippen molar-refractivity contribution < 1.29 is 19.4 Å². The molecular formula is C29H22N6O6. The number of nitro groups is 2. The molecule has 0 unspecified atom stereocenters. The highest BCUT2D eigenvalue weighted by molar-refractivity contribution is 6.08. The molecule has 12 nitrogen and oxygen atoms in total. The second-order valence-electron chi connectivity index (χ2n) is 9.59. The molecule has 3 aromatic carbocycles. The van der Waals surface area contributed by atoms with E-state index in [-0.39, 0.29) is 23.9 Å². The molecule has 0 radical (unpaired) electrons.